The molecule has 3 rings (SSSR count). The molecule has 0 radical (unpaired) electrons. The fourth-order valence-corrected chi connectivity index (χ4v) is 6.97. The third kappa shape index (κ3) is 5.43. The molecule has 0 spiro atoms. The minimum atomic E-state index is -3.59. The van der Waals surface area contributed by atoms with Crippen LogP contribution in [-0.4, -0.2) is 13.7 Å². The standard InChI is InChI=1S/C24H27O3S2/c1-3-11-21(4-2)28(22-12-7-5-8-13-22)23-18-16-20(17-19-23)27-29(25,26)24-14-9-6-10-15-24/h3-5,7-8,11-13,16-19,24H,1-2,6,9-10,14-15H2/q+1/b21-11+. The molecule has 0 aromatic heterocycles. The first-order chi connectivity index (χ1) is 14.0. The molecule has 0 N–H and O–H groups in total. The van der Waals surface area contributed by atoms with E-state index in [1.165, 1.54) is 0 Å². The van der Waals surface area contributed by atoms with Gasteiger partial charge in [-0.3, -0.25) is 0 Å². The molecule has 1 fully saturated rings. The van der Waals surface area contributed by atoms with E-state index in [4.69, 9.17) is 4.18 Å². The average Bonchev–Trinajstić information content (AvgIpc) is 2.75. The lowest BCUT2D eigenvalue weighted by atomic mass is 10.0. The van der Waals surface area contributed by atoms with Crippen LogP contribution in [0.25, 0.3) is 0 Å². The van der Waals surface area contributed by atoms with Gasteiger partial charge in [0, 0.05) is 0 Å². The maximum atomic E-state index is 12.6. The highest BCUT2D eigenvalue weighted by molar-refractivity contribution is 8.00. The third-order valence-corrected chi connectivity index (χ3v) is 8.90. The Labute approximate surface area is 177 Å². The Balaban J connectivity index is 1.87. The fraction of sp³-hybridized carbons (Fsp3) is 0.250. The van der Waals surface area contributed by atoms with Gasteiger partial charge in [0.05, 0.1) is 16.1 Å². The first-order valence-corrected chi connectivity index (χ1v) is 12.5. The lowest BCUT2D eigenvalue weighted by molar-refractivity contribution is 0.429. The Morgan fingerprint density at radius 3 is 2.14 bits per heavy atom. The lowest BCUT2D eigenvalue weighted by Gasteiger charge is -2.21. The van der Waals surface area contributed by atoms with Crippen LogP contribution in [0.3, 0.4) is 0 Å². The van der Waals surface area contributed by atoms with Gasteiger partial charge in [-0.15, -0.1) is 0 Å². The highest BCUT2D eigenvalue weighted by atomic mass is 32.2. The number of allylic oxidation sites excluding steroid dienone is 3. The van der Waals surface area contributed by atoms with E-state index in [0.29, 0.717) is 18.6 Å². The van der Waals surface area contributed by atoms with Gasteiger partial charge in [-0.05, 0) is 61.4 Å². The van der Waals surface area contributed by atoms with Gasteiger partial charge in [-0.1, -0.05) is 56.7 Å². The third-order valence-electron chi connectivity index (χ3n) is 4.93. The van der Waals surface area contributed by atoms with Crippen molar-refractivity contribution in [2.24, 2.45) is 0 Å². The van der Waals surface area contributed by atoms with E-state index in [2.05, 4.69) is 25.3 Å². The normalized spacial score (nSPS) is 16.8. The molecule has 2 aromatic carbocycles. The van der Waals surface area contributed by atoms with E-state index >= 15 is 0 Å². The lowest BCUT2D eigenvalue weighted by Crippen LogP contribution is -2.28. The van der Waals surface area contributed by atoms with E-state index in [-0.39, 0.29) is 10.9 Å². The number of benzene rings is 2. The number of hydrogen-bond acceptors (Lipinski definition) is 3. The molecule has 0 aliphatic heterocycles. The van der Waals surface area contributed by atoms with Crippen LogP contribution in [0.1, 0.15) is 32.1 Å². The summed E-state index contributed by atoms with van der Waals surface area (Å²) < 4.78 is 30.6. The zero-order valence-electron chi connectivity index (χ0n) is 16.5. The van der Waals surface area contributed by atoms with Crippen LogP contribution >= 0.6 is 0 Å². The second-order valence-electron chi connectivity index (χ2n) is 6.94. The molecule has 1 saturated carbocycles. The molecule has 152 valence electrons. The average molecular weight is 428 g/mol. The Morgan fingerprint density at radius 2 is 1.55 bits per heavy atom. The molecular weight excluding hydrogens is 400 g/mol. The van der Waals surface area contributed by atoms with Crippen molar-refractivity contribution in [2.75, 3.05) is 0 Å². The van der Waals surface area contributed by atoms with Crippen LogP contribution in [0.5, 0.6) is 5.75 Å². The SMILES string of the molecule is C=C/C=C(\C=C)[S+](c1ccccc1)c1ccc(OS(=O)(=O)C2CCCCC2)cc1. The van der Waals surface area contributed by atoms with Gasteiger partial charge < -0.3 is 4.18 Å². The summed E-state index contributed by atoms with van der Waals surface area (Å²) in [6, 6.07) is 17.5. The molecule has 29 heavy (non-hydrogen) atoms. The maximum Gasteiger partial charge on any atom is 0.312 e. The van der Waals surface area contributed by atoms with Gasteiger partial charge in [-0.25, -0.2) is 0 Å². The quantitative estimate of drug-likeness (QED) is 0.294. The molecule has 2 aromatic rings. The van der Waals surface area contributed by atoms with Gasteiger partial charge in [-0.2, -0.15) is 8.42 Å². The van der Waals surface area contributed by atoms with Crippen molar-refractivity contribution in [1.29, 1.82) is 0 Å². The summed E-state index contributed by atoms with van der Waals surface area (Å²) in [6.07, 6.45) is 9.94. The summed E-state index contributed by atoms with van der Waals surface area (Å²) in [7, 11) is -3.95. The van der Waals surface area contributed by atoms with Crippen LogP contribution in [0.15, 0.2) is 101 Å². The maximum absolute atomic E-state index is 12.6. The predicted octanol–water partition coefficient (Wildman–Crippen LogP) is 6.02. The van der Waals surface area contributed by atoms with Crippen molar-refractivity contribution in [1.82, 2.24) is 0 Å². The van der Waals surface area contributed by atoms with E-state index in [1.807, 2.05) is 42.5 Å². The largest absolute Gasteiger partial charge is 0.382 e. The van der Waals surface area contributed by atoms with Crippen molar-refractivity contribution < 1.29 is 12.6 Å². The van der Waals surface area contributed by atoms with Crippen molar-refractivity contribution in [2.45, 2.75) is 47.1 Å². The Bertz CT molecular complexity index is 955. The van der Waals surface area contributed by atoms with Crippen molar-refractivity contribution in [3.05, 3.63) is 90.9 Å². The van der Waals surface area contributed by atoms with Gasteiger partial charge in [0.15, 0.2) is 14.7 Å². The van der Waals surface area contributed by atoms with Gasteiger partial charge in [0.25, 0.3) is 0 Å². The van der Waals surface area contributed by atoms with Crippen LogP contribution in [0, 0.1) is 0 Å². The monoisotopic (exact) mass is 427 g/mol. The second-order valence-corrected chi connectivity index (χ2v) is 10.8. The first-order valence-electron chi connectivity index (χ1n) is 9.83. The molecule has 5 heteroatoms. The summed E-state index contributed by atoms with van der Waals surface area (Å²) in [4.78, 5) is 3.27. The van der Waals surface area contributed by atoms with Crippen LogP contribution in [0.4, 0.5) is 0 Å². The topological polar surface area (TPSA) is 43.4 Å². The molecule has 3 nitrogen and oxygen atoms in total. The number of hydrogen-bond donors (Lipinski definition) is 0. The second kappa shape index (κ2) is 9.99. The summed E-state index contributed by atoms with van der Waals surface area (Å²) in [5.74, 6) is 0.365. The first kappa shape index (κ1) is 21.5. The Hall–Kier alpha value is -2.24. The van der Waals surface area contributed by atoms with Gasteiger partial charge in [0.1, 0.15) is 5.75 Å². The summed E-state index contributed by atoms with van der Waals surface area (Å²) in [6.45, 7) is 7.77. The fourth-order valence-electron chi connectivity index (χ4n) is 3.49. The van der Waals surface area contributed by atoms with E-state index < -0.39 is 15.4 Å². The Kier molecular flexibility index (Phi) is 7.40. The molecule has 0 bridgehead atoms. The summed E-state index contributed by atoms with van der Waals surface area (Å²) in [5, 5.41) is -0.391. The number of rotatable bonds is 8. The molecule has 1 aliphatic carbocycles. The van der Waals surface area contributed by atoms with Crippen molar-refractivity contribution >= 4 is 21.0 Å². The molecule has 1 atom stereocenters. The van der Waals surface area contributed by atoms with E-state index in [1.54, 1.807) is 18.2 Å². The summed E-state index contributed by atoms with van der Waals surface area (Å²) >= 11 is 0. The van der Waals surface area contributed by atoms with Crippen molar-refractivity contribution in [3.8, 4) is 5.75 Å². The summed E-state index contributed by atoms with van der Waals surface area (Å²) in [5.41, 5.74) is 0. The van der Waals surface area contributed by atoms with E-state index in [9.17, 15) is 8.42 Å². The highest BCUT2D eigenvalue weighted by Crippen LogP contribution is 2.33. The van der Waals surface area contributed by atoms with Crippen LogP contribution in [0.2, 0.25) is 0 Å². The molecule has 1 unspecified atom stereocenters. The van der Waals surface area contributed by atoms with Crippen molar-refractivity contribution in [3.63, 3.8) is 0 Å². The zero-order chi connectivity index (χ0) is 20.7. The Morgan fingerprint density at radius 1 is 0.931 bits per heavy atom. The molecule has 1 aliphatic rings. The predicted molar refractivity (Wildman–Crippen MR) is 122 cm³/mol. The smallest absolute Gasteiger partial charge is 0.312 e. The van der Waals surface area contributed by atoms with Crippen LogP contribution < -0.4 is 4.18 Å². The molecular formula is C24H27O3S2+. The zero-order valence-corrected chi connectivity index (χ0v) is 18.1. The van der Waals surface area contributed by atoms with Crippen LogP contribution in [-0.2, 0) is 21.0 Å². The minimum absolute atomic E-state index is 0.358. The van der Waals surface area contributed by atoms with E-state index in [0.717, 1.165) is 34.0 Å². The molecule has 0 heterocycles. The van der Waals surface area contributed by atoms with Gasteiger partial charge >= 0.3 is 10.1 Å². The molecule has 0 saturated heterocycles. The minimum Gasteiger partial charge on any atom is -0.382 e. The molecule has 0 amide bonds. The van der Waals surface area contributed by atoms with Gasteiger partial charge in [0.2, 0.25) is 0 Å². The highest BCUT2D eigenvalue weighted by Gasteiger charge is 2.31.